The van der Waals surface area contributed by atoms with Gasteiger partial charge in [0.15, 0.2) is 0 Å². The van der Waals surface area contributed by atoms with Crippen LogP contribution in [-0.4, -0.2) is 23.7 Å². The van der Waals surface area contributed by atoms with E-state index >= 15 is 0 Å². The lowest BCUT2D eigenvalue weighted by atomic mass is 10.0. The second-order valence-electron chi connectivity index (χ2n) is 5.07. The van der Waals surface area contributed by atoms with Gasteiger partial charge in [0.1, 0.15) is 0 Å². The smallest absolute Gasteiger partial charge is 0.223 e. The lowest BCUT2D eigenvalue weighted by molar-refractivity contribution is -0.122. The molecule has 2 aliphatic rings. The van der Waals surface area contributed by atoms with E-state index in [-0.39, 0.29) is 12.0 Å². The Kier molecular flexibility index (Phi) is 3.29. The number of hydrogen-bond donors (Lipinski definition) is 2. The van der Waals surface area contributed by atoms with Crippen molar-refractivity contribution >= 4 is 5.91 Å². The summed E-state index contributed by atoms with van der Waals surface area (Å²) >= 11 is 0. The Morgan fingerprint density at radius 1 is 1.40 bits per heavy atom. The van der Waals surface area contributed by atoms with Gasteiger partial charge in [0.05, 0.1) is 6.10 Å². The van der Waals surface area contributed by atoms with Crippen LogP contribution in [0.1, 0.15) is 39.0 Å². The molecule has 2 aliphatic carbocycles. The third kappa shape index (κ3) is 2.51. The van der Waals surface area contributed by atoms with Crippen LogP contribution in [0.15, 0.2) is 0 Å². The largest absolute Gasteiger partial charge is 0.393 e. The lowest BCUT2D eigenvalue weighted by Gasteiger charge is -2.06. The predicted octanol–water partition coefficient (Wildman–Crippen LogP) is 1.31. The highest BCUT2D eigenvalue weighted by Gasteiger charge is 2.54. The fraction of sp³-hybridized carbons (Fsp3) is 0.917. The van der Waals surface area contributed by atoms with E-state index in [0.29, 0.717) is 30.7 Å². The maximum absolute atomic E-state index is 11.8. The second kappa shape index (κ2) is 4.52. The minimum atomic E-state index is -0.313. The number of carbonyl (C=O) groups is 1. The van der Waals surface area contributed by atoms with Crippen molar-refractivity contribution in [1.82, 2.24) is 5.32 Å². The molecule has 2 saturated carbocycles. The zero-order valence-electron chi connectivity index (χ0n) is 9.41. The van der Waals surface area contributed by atoms with Gasteiger partial charge in [-0.15, -0.1) is 0 Å². The molecule has 0 saturated heterocycles. The van der Waals surface area contributed by atoms with Crippen molar-refractivity contribution < 1.29 is 9.90 Å². The van der Waals surface area contributed by atoms with E-state index in [1.807, 2.05) is 0 Å². The van der Waals surface area contributed by atoms with Gasteiger partial charge in [-0.25, -0.2) is 0 Å². The molecule has 2 fully saturated rings. The van der Waals surface area contributed by atoms with Crippen LogP contribution in [0.4, 0.5) is 0 Å². The molecule has 3 nitrogen and oxygen atoms in total. The molecule has 2 N–H and O–H groups in total. The van der Waals surface area contributed by atoms with Gasteiger partial charge in [-0.1, -0.05) is 12.8 Å². The van der Waals surface area contributed by atoms with Crippen LogP contribution in [0, 0.1) is 17.8 Å². The Balaban J connectivity index is 1.69. The molecule has 0 heterocycles. The van der Waals surface area contributed by atoms with E-state index in [0.717, 1.165) is 0 Å². The standard InChI is InChI=1S/C12H21NO2/c1-8(14)6-7-13-12(15)11-9-4-2-3-5-10(9)11/h8-11,14H,2-7H2,1H3,(H,13,15). The number of amides is 1. The molecule has 3 unspecified atom stereocenters. The Morgan fingerprint density at radius 2 is 2.00 bits per heavy atom. The van der Waals surface area contributed by atoms with Crippen molar-refractivity contribution in [1.29, 1.82) is 0 Å². The van der Waals surface area contributed by atoms with Gasteiger partial charge in [0.2, 0.25) is 5.91 Å². The molecular formula is C12H21NO2. The summed E-state index contributed by atoms with van der Waals surface area (Å²) in [5.41, 5.74) is 0. The summed E-state index contributed by atoms with van der Waals surface area (Å²) in [5.74, 6) is 1.91. The minimum absolute atomic E-state index is 0.229. The number of aliphatic hydroxyl groups is 1. The first-order chi connectivity index (χ1) is 7.20. The van der Waals surface area contributed by atoms with Gasteiger partial charge >= 0.3 is 0 Å². The number of fused-ring (bicyclic) bond motifs is 1. The van der Waals surface area contributed by atoms with Crippen molar-refractivity contribution in [2.75, 3.05) is 6.54 Å². The van der Waals surface area contributed by atoms with Crippen LogP contribution in [0.2, 0.25) is 0 Å². The molecule has 0 spiro atoms. The lowest BCUT2D eigenvalue weighted by Crippen LogP contribution is -2.28. The van der Waals surface area contributed by atoms with Gasteiger partial charge in [0.25, 0.3) is 0 Å². The maximum atomic E-state index is 11.8. The molecule has 2 rings (SSSR count). The number of aliphatic hydroxyl groups excluding tert-OH is 1. The van der Waals surface area contributed by atoms with Crippen LogP contribution in [0.3, 0.4) is 0 Å². The first kappa shape index (κ1) is 10.9. The summed E-state index contributed by atoms with van der Waals surface area (Å²) in [6, 6.07) is 0. The highest BCUT2D eigenvalue weighted by molar-refractivity contribution is 5.82. The van der Waals surface area contributed by atoms with Crippen LogP contribution in [0.5, 0.6) is 0 Å². The topological polar surface area (TPSA) is 49.3 Å². The summed E-state index contributed by atoms with van der Waals surface area (Å²) in [5, 5.41) is 12.0. The third-order valence-corrected chi connectivity index (χ3v) is 3.82. The molecule has 0 aromatic rings. The second-order valence-corrected chi connectivity index (χ2v) is 5.07. The van der Waals surface area contributed by atoms with Crippen LogP contribution in [-0.2, 0) is 4.79 Å². The molecule has 0 radical (unpaired) electrons. The summed E-state index contributed by atoms with van der Waals surface area (Å²) in [4.78, 5) is 11.8. The highest BCUT2D eigenvalue weighted by atomic mass is 16.3. The molecule has 0 aliphatic heterocycles. The summed E-state index contributed by atoms with van der Waals surface area (Å²) in [6.45, 7) is 2.37. The van der Waals surface area contributed by atoms with Gasteiger partial charge in [-0.2, -0.15) is 0 Å². The maximum Gasteiger partial charge on any atom is 0.223 e. The van der Waals surface area contributed by atoms with Crippen molar-refractivity contribution in [3.8, 4) is 0 Å². The van der Waals surface area contributed by atoms with E-state index in [1.54, 1.807) is 6.92 Å². The Morgan fingerprint density at radius 3 is 2.53 bits per heavy atom. The quantitative estimate of drug-likeness (QED) is 0.736. The molecule has 1 amide bonds. The summed E-state index contributed by atoms with van der Waals surface area (Å²) < 4.78 is 0. The molecule has 15 heavy (non-hydrogen) atoms. The van der Waals surface area contributed by atoms with Crippen molar-refractivity contribution in [2.45, 2.75) is 45.1 Å². The van der Waals surface area contributed by atoms with Crippen molar-refractivity contribution in [2.24, 2.45) is 17.8 Å². The molecule has 3 heteroatoms. The first-order valence-corrected chi connectivity index (χ1v) is 6.16. The average Bonchev–Trinajstić information content (AvgIpc) is 2.90. The summed E-state index contributed by atoms with van der Waals surface area (Å²) in [7, 11) is 0. The predicted molar refractivity (Wildman–Crippen MR) is 58.2 cm³/mol. The summed E-state index contributed by atoms with van der Waals surface area (Å²) in [6.07, 6.45) is 5.45. The van der Waals surface area contributed by atoms with Gasteiger partial charge in [-0.05, 0) is 38.0 Å². The van der Waals surface area contributed by atoms with E-state index < -0.39 is 0 Å². The number of hydrogen-bond acceptors (Lipinski definition) is 2. The Bertz CT molecular complexity index is 228. The minimum Gasteiger partial charge on any atom is -0.393 e. The van der Waals surface area contributed by atoms with Gasteiger partial charge in [0, 0.05) is 12.5 Å². The number of nitrogens with one attached hydrogen (secondary N) is 1. The SMILES string of the molecule is CC(O)CCNC(=O)C1C2CCCCC21. The Hall–Kier alpha value is -0.570. The van der Waals surface area contributed by atoms with E-state index in [2.05, 4.69) is 5.32 Å². The van der Waals surface area contributed by atoms with E-state index in [1.165, 1.54) is 25.7 Å². The molecule has 0 bridgehead atoms. The Labute approximate surface area is 91.2 Å². The number of rotatable bonds is 4. The fourth-order valence-electron chi connectivity index (χ4n) is 2.90. The molecule has 0 aromatic heterocycles. The zero-order chi connectivity index (χ0) is 10.8. The van der Waals surface area contributed by atoms with Crippen LogP contribution >= 0.6 is 0 Å². The molecule has 0 aromatic carbocycles. The van der Waals surface area contributed by atoms with Crippen LogP contribution in [0.25, 0.3) is 0 Å². The fourth-order valence-corrected chi connectivity index (χ4v) is 2.90. The molecule has 86 valence electrons. The molecular weight excluding hydrogens is 190 g/mol. The first-order valence-electron chi connectivity index (χ1n) is 6.16. The van der Waals surface area contributed by atoms with E-state index in [4.69, 9.17) is 5.11 Å². The van der Waals surface area contributed by atoms with Gasteiger partial charge in [-0.3, -0.25) is 4.79 Å². The number of carbonyl (C=O) groups excluding carboxylic acids is 1. The van der Waals surface area contributed by atoms with Crippen molar-refractivity contribution in [3.63, 3.8) is 0 Å². The highest BCUT2D eigenvalue weighted by Crippen LogP contribution is 2.55. The van der Waals surface area contributed by atoms with Crippen molar-refractivity contribution in [3.05, 3.63) is 0 Å². The zero-order valence-corrected chi connectivity index (χ0v) is 9.41. The van der Waals surface area contributed by atoms with Gasteiger partial charge < -0.3 is 10.4 Å². The van der Waals surface area contributed by atoms with Crippen LogP contribution < -0.4 is 5.32 Å². The normalized spacial score (nSPS) is 35.5. The molecule has 3 atom stereocenters. The monoisotopic (exact) mass is 211 g/mol. The third-order valence-electron chi connectivity index (χ3n) is 3.82. The average molecular weight is 211 g/mol. The van der Waals surface area contributed by atoms with E-state index in [9.17, 15) is 4.79 Å².